The summed E-state index contributed by atoms with van der Waals surface area (Å²) in [6.45, 7) is 1.12. The van der Waals surface area contributed by atoms with Crippen LogP contribution in [0.25, 0.3) is 0 Å². The number of hydrogen-bond acceptors (Lipinski definition) is 2. The number of carbonyl (C=O) groups excluding carboxylic acids is 1. The molecular formula is C13H21NO. The van der Waals surface area contributed by atoms with Gasteiger partial charge in [-0.1, -0.05) is 6.42 Å². The van der Waals surface area contributed by atoms with Gasteiger partial charge in [-0.3, -0.25) is 4.79 Å². The van der Waals surface area contributed by atoms with Crippen LogP contribution in [-0.4, -0.2) is 18.4 Å². The average Bonchev–Trinajstić information content (AvgIpc) is 2.28. The Labute approximate surface area is 92.8 Å². The van der Waals surface area contributed by atoms with Crippen LogP contribution in [-0.2, 0) is 4.79 Å². The van der Waals surface area contributed by atoms with Crippen molar-refractivity contribution in [1.29, 1.82) is 0 Å². The first-order chi connectivity index (χ1) is 7.33. The molecule has 0 spiro atoms. The quantitative estimate of drug-likeness (QED) is 0.535. The van der Waals surface area contributed by atoms with E-state index in [2.05, 4.69) is 11.2 Å². The summed E-state index contributed by atoms with van der Waals surface area (Å²) in [4.78, 5) is 11.5. The van der Waals surface area contributed by atoms with Crippen molar-refractivity contribution in [3.8, 4) is 12.3 Å². The molecule has 0 bridgehead atoms. The molecule has 1 heterocycles. The third kappa shape index (κ3) is 5.59. The molecule has 1 aliphatic rings. The van der Waals surface area contributed by atoms with Crippen LogP contribution in [0.2, 0.25) is 0 Å². The molecule has 0 aromatic carbocycles. The molecule has 1 unspecified atom stereocenters. The molecule has 1 fully saturated rings. The van der Waals surface area contributed by atoms with E-state index < -0.39 is 0 Å². The number of carbonyl (C=O) groups is 1. The summed E-state index contributed by atoms with van der Waals surface area (Å²) in [7, 11) is 0. The van der Waals surface area contributed by atoms with E-state index in [4.69, 9.17) is 6.42 Å². The second-order valence-electron chi connectivity index (χ2n) is 4.28. The third-order valence-electron chi connectivity index (χ3n) is 2.96. The van der Waals surface area contributed by atoms with Gasteiger partial charge in [0.25, 0.3) is 0 Å². The fourth-order valence-corrected chi connectivity index (χ4v) is 2.02. The number of ketones is 1. The van der Waals surface area contributed by atoms with Crippen molar-refractivity contribution in [1.82, 2.24) is 5.32 Å². The Balaban J connectivity index is 2.03. The molecule has 0 aromatic rings. The van der Waals surface area contributed by atoms with Gasteiger partial charge >= 0.3 is 0 Å². The van der Waals surface area contributed by atoms with Gasteiger partial charge in [0.2, 0.25) is 0 Å². The maximum absolute atomic E-state index is 11.5. The Morgan fingerprint density at radius 2 is 2.27 bits per heavy atom. The van der Waals surface area contributed by atoms with E-state index in [1.165, 1.54) is 19.3 Å². The van der Waals surface area contributed by atoms with Gasteiger partial charge in [0.15, 0.2) is 0 Å². The van der Waals surface area contributed by atoms with E-state index in [9.17, 15) is 4.79 Å². The molecule has 1 saturated heterocycles. The number of nitrogens with one attached hydrogen (secondary N) is 1. The monoisotopic (exact) mass is 207 g/mol. The van der Waals surface area contributed by atoms with E-state index in [0.717, 1.165) is 32.2 Å². The first-order valence-electron chi connectivity index (χ1n) is 6.01. The second-order valence-corrected chi connectivity index (χ2v) is 4.28. The van der Waals surface area contributed by atoms with E-state index >= 15 is 0 Å². The van der Waals surface area contributed by atoms with Gasteiger partial charge in [-0.2, -0.15) is 0 Å². The predicted octanol–water partition coefficient (Wildman–Crippen LogP) is 2.28. The molecule has 1 atom stereocenters. The van der Waals surface area contributed by atoms with E-state index in [0.29, 0.717) is 18.2 Å². The maximum atomic E-state index is 11.5. The van der Waals surface area contributed by atoms with Crippen LogP contribution >= 0.6 is 0 Å². The molecular weight excluding hydrogens is 186 g/mol. The number of rotatable bonds is 6. The lowest BCUT2D eigenvalue weighted by Gasteiger charge is -2.22. The lowest BCUT2D eigenvalue weighted by atomic mass is 9.98. The Bertz CT molecular complexity index is 223. The largest absolute Gasteiger partial charge is 0.314 e. The van der Waals surface area contributed by atoms with Gasteiger partial charge in [0.1, 0.15) is 5.78 Å². The molecule has 1 aliphatic heterocycles. The standard InChI is InChI=1S/C13H21NO/c1-2-3-4-8-13(15)10-9-12-7-5-6-11-14-12/h1,12,14H,3-11H2. The highest BCUT2D eigenvalue weighted by atomic mass is 16.1. The molecule has 0 radical (unpaired) electrons. The van der Waals surface area contributed by atoms with Gasteiger partial charge in [-0.15, -0.1) is 12.3 Å². The van der Waals surface area contributed by atoms with Gasteiger partial charge in [0, 0.05) is 25.3 Å². The summed E-state index contributed by atoms with van der Waals surface area (Å²) in [5.41, 5.74) is 0. The van der Waals surface area contributed by atoms with Crippen LogP contribution < -0.4 is 5.32 Å². The zero-order valence-corrected chi connectivity index (χ0v) is 9.43. The number of unbranched alkanes of at least 4 members (excludes halogenated alkanes) is 1. The summed E-state index contributed by atoms with van der Waals surface area (Å²) in [5.74, 6) is 2.94. The molecule has 0 aliphatic carbocycles. The minimum Gasteiger partial charge on any atom is -0.314 e. The van der Waals surface area contributed by atoms with Gasteiger partial charge < -0.3 is 5.32 Å². The lowest BCUT2D eigenvalue weighted by Crippen LogP contribution is -2.34. The molecule has 84 valence electrons. The summed E-state index contributed by atoms with van der Waals surface area (Å²) < 4.78 is 0. The fourth-order valence-electron chi connectivity index (χ4n) is 2.02. The smallest absolute Gasteiger partial charge is 0.133 e. The molecule has 1 rings (SSSR count). The Morgan fingerprint density at radius 3 is 2.93 bits per heavy atom. The van der Waals surface area contributed by atoms with E-state index in [-0.39, 0.29) is 0 Å². The van der Waals surface area contributed by atoms with Crippen LogP contribution in [0.15, 0.2) is 0 Å². The second kappa shape index (κ2) is 7.48. The molecule has 0 amide bonds. The van der Waals surface area contributed by atoms with Crippen LogP contribution in [0.4, 0.5) is 0 Å². The van der Waals surface area contributed by atoms with Crippen molar-refractivity contribution in [3.63, 3.8) is 0 Å². The topological polar surface area (TPSA) is 29.1 Å². The Morgan fingerprint density at radius 1 is 1.40 bits per heavy atom. The van der Waals surface area contributed by atoms with Crippen molar-refractivity contribution >= 4 is 5.78 Å². The molecule has 1 N–H and O–H groups in total. The normalized spacial score (nSPS) is 20.9. The Kier molecular flexibility index (Phi) is 6.11. The predicted molar refractivity (Wildman–Crippen MR) is 62.6 cm³/mol. The highest BCUT2D eigenvalue weighted by Crippen LogP contribution is 2.12. The maximum Gasteiger partial charge on any atom is 0.133 e. The van der Waals surface area contributed by atoms with Crippen molar-refractivity contribution in [2.45, 2.75) is 57.4 Å². The molecule has 2 heteroatoms. The minimum absolute atomic E-state index is 0.373. The summed E-state index contributed by atoms with van der Waals surface area (Å²) >= 11 is 0. The van der Waals surface area contributed by atoms with Crippen molar-refractivity contribution < 1.29 is 4.79 Å². The first-order valence-corrected chi connectivity index (χ1v) is 6.01. The van der Waals surface area contributed by atoms with E-state index in [1.807, 2.05) is 0 Å². The van der Waals surface area contributed by atoms with Crippen molar-refractivity contribution in [2.24, 2.45) is 0 Å². The zero-order chi connectivity index (χ0) is 10.9. The van der Waals surface area contributed by atoms with Gasteiger partial charge in [0.05, 0.1) is 0 Å². The van der Waals surface area contributed by atoms with Gasteiger partial charge in [-0.05, 0) is 32.2 Å². The zero-order valence-electron chi connectivity index (χ0n) is 9.43. The van der Waals surface area contributed by atoms with Crippen LogP contribution in [0.3, 0.4) is 0 Å². The molecule has 15 heavy (non-hydrogen) atoms. The minimum atomic E-state index is 0.373. The molecule has 2 nitrogen and oxygen atoms in total. The summed E-state index contributed by atoms with van der Waals surface area (Å²) in [6.07, 6.45) is 12.9. The third-order valence-corrected chi connectivity index (χ3v) is 2.96. The Hall–Kier alpha value is -0.810. The molecule has 0 saturated carbocycles. The van der Waals surface area contributed by atoms with E-state index in [1.54, 1.807) is 0 Å². The summed E-state index contributed by atoms with van der Waals surface area (Å²) in [6, 6.07) is 0.579. The fraction of sp³-hybridized carbons (Fsp3) is 0.769. The highest BCUT2D eigenvalue weighted by molar-refractivity contribution is 5.78. The van der Waals surface area contributed by atoms with Crippen molar-refractivity contribution in [2.75, 3.05) is 6.54 Å². The average molecular weight is 207 g/mol. The van der Waals surface area contributed by atoms with Crippen molar-refractivity contribution in [3.05, 3.63) is 0 Å². The number of terminal acetylenes is 1. The first kappa shape index (κ1) is 12.3. The number of hydrogen-bond donors (Lipinski definition) is 1. The van der Waals surface area contributed by atoms with Gasteiger partial charge in [-0.25, -0.2) is 0 Å². The molecule has 0 aromatic heterocycles. The van der Waals surface area contributed by atoms with Crippen LogP contribution in [0, 0.1) is 12.3 Å². The summed E-state index contributed by atoms with van der Waals surface area (Å²) in [5, 5.41) is 3.46. The van der Waals surface area contributed by atoms with Crippen LogP contribution in [0.5, 0.6) is 0 Å². The lowest BCUT2D eigenvalue weighted by molar-refractivity contribution is -0.119. The number of Topliss-reactive ketones (excluding diaryl/α,β-unsaturated/α-hetero) is 1. The SMILES string of the molecule is C#CCCCC(=O)CCC1CCCCN1. The van der Waals surface area contributed by atoms with Crippen LogP contribution in [0.1, 0.15) is 51.4 Å². The highest BCUT2D eigenvalue weighted by Gasteiger charge is 2.13. The number of piperidine rings is 1.